The summed E-state index contributed by atoms with van der Waals surface area (Å²) in [6, 6.07) is 18.0. The van der Waals surface area contributed by atoms with Gasteiger partial charge in [0.1, 0.15) is 12.4 Å². The molecular formula is C29H22N7O2S+. The van der Waals surface area contributed by atoms with Gasteiger partial charge in [0.25, 0.3) is 11.5 Å². The number of nitrogen functional groups attached to an aromatic ring is 1. The number of pyridine rings is 1. The van der Waals surface area contributed by atoms with E-state index >= 15 is 0 Å². The first-order valence-corrected chi connectivity index (χ1v) is 13.0. The van der Waals surface area contributed by atoms with Crippen molar-refractivity contribution in [2.75, 3.05) is 5.73 Å². The number of benzene rings is 2. The van der Waals surface area contributed by atoms with Gasteiger partial charge in [-0.05, 0) is 47.5 Å². The molecule has 2 aromatic carbocycles. The number of fused-ring (bicyclic) bond motifs is 2. The maximum atomic E-state index is 14.1. The molecule has 0 aliphatic heterocycles. The van der Waals surface area contributed by atoms with Crippen LogP contribution in [0.1, 0.15) is 39.5 Å². The van der Waals surface area contributed by atoms with Gasteiger partial charge in [-0.1, -0.05) is 36.3 Å². The van der Waals surface area contributed by atoms with E-state index in [-0.39, 0.29) is 16.9 Å². The molecular weight excluding hydrogens is 510 g/mol. The Bertz CT molecular complexity index is 1970. The van der Waals surface area contributed by atoms with Crippen LogP contribution in [-0.2, 0) is 0 Å². The van der Waals surface area contributed by atoms with E-state index in [1.54, 1.807) is 39.2 Å². The molecule has 0 bridgehead atoms. The molecule has 0 spiro atoms. The predicted octanol–water partition coefficient (Wildman–Crippen LogP) is 3.38. The maximum absolute atomic E-state index is 14.1. The zero-order chi connectivity index (χ0) is 26.9. The number of nitrogens with one attached hydrogen (secondary N) is 2. The Labute approximate surface area is 226 Å². The summed E-state index contributed by atoms with van der Waals surface area (Å²) in [5, 5.41) is 7.15. The van der Waals surface area contributed by atoms with E-state index in [9.17, 15) is 9.59 Å². The largest absolute Gasteiger partial charge is 0.382 e. The molecule has 0 saturated carbocycles. The third-order valence-electron chi connectivity index (χ3n) is 6.34. The molecule has 190 valence electrons. The molecule has 0 aliphatic rings. The first kappa shape index (κ1) is 24.1. The number of H-pyrrole nitrogens is 1. The van der Waals surface area contributed by atoms with Gasteiger partial charge in [0.2, 0.25) is 0 Å². The fraction of sp³-hybridized carbons (Fsp3) is 0.0690. The minimum atomic E-state index is -0.556. The summed E-state index contributed by atoms with van der Waals surface area (Å²) >= 11 is 1.44. The van der Waals surface area contributed by atoms with Crippen LogP contribution >= 0.6 is 11.3 Å². The third-order valence-corrected chi connectivity index (χ3v) is 7.03. The van der Waals surface area contributed by atoms with Crippen LogP contribution in [-0.4, -0.2) is 25.5 Å². The molecule has 6 aromatic rings. The summed E-state index contributed by atoms with van der Waals surface area (Å²) in [7, 11) is 0. The van der Waals surface area contributed by atoms with Gasteiger partial charge in [0.05, 0.1) is 28.0 Å². The molecule has 4 N–H and O–H groups in total. The van der Waals surface area contributed by atoms with Gasteiger partial charge >= 0.3 is 5.65 Å². The summed E-state index contributed by atoms with van der Waals surface area (Å²) in [5.74, 6) is 6.03. The number of amides is 1. The second-order valence-corrected chi connectivity index (χ2v) is 9.73. The van der Waals surface area contributed by atoms with Gasteiger partial charge in [-0.25, -0.2) is 5.10 Å². The Kier molecular flexibility index (Phi) is 6.11. The number of thiazole rings is 1. The van der Waals surface area contributed by atoms with Crippen LogP contribution in [0.25, 0.3) is 22.1 Å². The number of rotatable bonds is 4. The Morgan fingerprint density at radius 1 is 1.15 bits per heavy atom. The topological polar surface area (TPSA) is 123 Å². The number of hydrogen-bond acceptors (Lipinski definition) is 6. The monoisotopic (exact) mass is 532 g/mol. The molecule has 9 nitrogen and oxygen atoms in total. The maximum Gasteiger partial charge on any atom is 0.362 e. The fourth-order valence-corrected chi connectivity index (χ4v) is 5.04. The third kappa shape index (κ3) is 4.41. The second kappa shape index (κ2) is 9.89. The fourth-order valence-electron chi connectivity index (χ4n) is 4.57. The highest BCUT2D eigenvalue weighted by atomic mass is 32.1. The average Bonchev–Trinajstić information content (AvgIpc) is 3.59. The standard InChI is InChI=1S/C29H21N7O2S/c1-18(33-28(37)25-26(30)34-35-14-6-13-32-27(25)35)23-15-20-8-5-7-19(11-12-22-16-31-17-39-22)24(20)29(38)36(23)21-9-3-2-4-10-21/h2-10,13-18H,1H3,(H3,30,33,34,37)/p+1. The van der Waals surface area contributed by atoms with Gasteiger partial charge in [0, 0.05) is 23.0 Å². The van der Waals surface area contributed by atoms with E-state index < -0.39 is 11.9 Å². The van der Waals surface area contributed by atoms with Crippen LogP contribution in [0.3, 0.4) is 0 Å². The molecule has 0 saturated heterocycles. The van der Waals surface area contributed by atoms with E-state index in [1.807, 2.05) is 61.5 Å². The number of para-hydroxylation sites is 1. The van der Waals surface area contributed by atoms with Gasteiger partial charge in [-0.3, -0.25) is 19.1 Å². The van der Waals surface area contributed by atoms with Crippen molar-refractivity contribution in [2.45, 2.75) is 13.0 Å². The minimum absolute atomic E-state index is 0.196. The van der Waals surface area contributed by atoms with E-state index in [2.05, 4.69) is 32.2 Å². The van der Waals surface area contributed by atoms with Crippen LogP contribution in [0, 0.1) is 11.8 Å². The van der Waals surface area contributed by atoms with E-state index in [1.165, 1.54) is 11.3 Å². The lowest BCUT2D eigenvalue weighted by Gasteiger charge is -2.21. The van der Waals surface area contributed by atoms with Crippen LogP contribution in [0.2, 0.25) is 0 Å². The van der Waals surface area contributed by atoms with Crippen molar-refractivity contribution >= 4 is 39.5 Å². The number of aromatic amines is 1. The van der Waals surface area contributed by atoms with Crippen molar-refractivity contribution in [2.24, 2.45) is 0 Å². The average molecular weight is 533 g/mol. The first-order chi connectivity index (χ1) is 19.0. The summed E-state index contributed by atoms with van der Waals surface area (Å²) in [5.41, 5.74) is 10.2. The van der Waals surface area contributed by atoms with Gasteiger partial charge < -0.3 is 11.1 Å². The lowest BCUT2D eigenvalue weighted by atomic mass is 10.0. The zero-order valence-corrected chi connectivity index (χ0v) is 21.6. The Morgan fingerprint density at radius 3 is 2.79 bits per heavy atom. The molecule has 0 aliphatic carbocycles. The number of carbonyl (C=O) groups excluding carboxylic acids is 1. The SMILES string of the molecule is CC(NC(=O)c1c(N)[nH][n+]2cccnc12)c1cc2cccc(C#Cc3cncs3)c2c(=O)n1-c1ccccc1. The smallest absolute Gasteiger partial charge is 0.362 e. The lowest BCUT2D eigenvalue weighted by molar-refractivity contribution is -0.577. The highest BCUT2D eigenvalue weighted by Crippen LogP contribution is 2.24. The number of aromatic nitrogens is 5. The van der Waals surface area contributed by atoms with Gasteiger partial charge in [-0.15, -0.1) is 15.9 Å². The molecule has 1 amide bonds. The van der Waals surface area contributed by atoms with Crippen LogP contribution < -0.4 is 21.1 Å². The molecule has 1 unspecified atom stereocenters. The number of carbonyl (C=O) groups is 1. The number of nitrogens with two attached hydrogens (primary N) is 1. The van der Waals surface area contributed by atoms with Crippen molar-refractivity contribution in [1.82, 2.24) is 25.0 Å². The van der Waals surface area contributed by atoms with Crippen molar-refractivity contribution in [3.63, 3.8) is 0 Å². The number of anilines is 1. The highest BCUT2D eigenvalue weighted by Gasteiger charge is 2.27. The zero-order valence-electron chi connectivity index (χ0n) is 20.8. The first-order valence-electron chi connectivity index (χ1n) is 12.1. The summed E-state index contributed by atoms with van der Waals surface area (Å²) in [4.78, 5) is 36.7. The minimum Gasteiger partial charge on any atom is -0.382 e. The second-order valence-electron chi connectivity index (χ2n) is 8.84. The predicted molar refractivity (Wildman–Crippen MR) is 150 cm³/mol. The normalized spacial score (nSPS) is 11.7. The van der Waals surface area contributed by atoms with Gasteiger partial charge in [-0.2, -0.15) is 0 Å². The van der Waals surface area contributed by atoms with Crippen LogP contribution in [0.15, 0.2) is 89.6 Å². The Balaban J connectivity index is 1.48. The van der Waals surface area contributed by atoms with Crippen molar-refractivity contribution in [1.29, 1.82) is 0 Å². The molecule has 6 rings (SSSR count). The van der Waals surface area contributed by atoms with Gasteiger partial charge in [0.15, 0.2) is 11.4 Å². The molecule has 4 aromatic heterocycles. The number of hydrogen-bond donors (Lipinski definition) is 3. The van der Waals surface area contributed by atoms with E-state index in [0.717, 1.165) is 10.3 Å². The molecule has 0 fully saturated rings. The molecule has 0 radical (unpaired) electrons. The summed E-state index contributed by atoms with van der Waals surface area (Å²) in [6.07, 6.45) is 5.02. The van der Waals surface area contributed by atoms with Crippen molar-refractivity contribution in [3.8, 4) is 17.5 Å². The molecule has 1 atom stereocenters. The Morgan fingerprint density at radius 2 is 2.00 bits per heavy atom. The Hall–Kier alpha value is -5.27. The van der Waals surface area contributed by atoms with Crippen molar-refractivity contribution in [3.05, 3.63) is 117 Å². The number of nitrogens with zero attached hydrogens (tertiary/aromatic N) is 4. The highest BCUT2D eigenvalue weighted by molar-refractivity contribution is 7.10. The van der Waals surface area contributed by atoms with Crippen LogP contribution in [0.5, 0.6) is 0 Å². The summed E-state index contributed by atoms with van der Waals surface area (Å²) in [6.45, 7) is 1.83. The quantitative estimate of drug-likeness (QED) is 0.237. The van der Waals surface area contributed by atoms with Crippen molar-refractivity contribution < 1.29 is 9.31 Å². The molecule has 39 heavy (non-hydrogen) atoms. The molecule has 10 heteroatoms. The lowest BCUT2D eigenvalue weighted by Crippen LogP contribution is -2.33. The van der Waals surface area contributed by atoms with Crippen LogP contribution in [0.4, 0.5) is 5.82 Å². The van der Waals surface area contributed by atoms with E-state index in [0.29, 0.717) is 28.0 Å². The summed E-state index contributed by atoms with van der Waals surface area (Å²) < 4.78 is 3.20. The molecule has 4 heterocycles. The van der Waals surface area contributed by atoms with E-state index in [4.69, 9.17) is 5.73 Å².